The van der Waals surface area contributed by atoms with E-state index in [1.54, 1.807) is 11.3 Å². The number of rotatable bonds is 2. The Hall–Kier alpha value is -2.08. The minimum atomic E-state index is -0.479. The van der Waals surface area contributed by atoms with E-state index in [0.29, 0.717) is 5.92 Å². The number of nitrogens with zero attached hydrogens (tertiary/aromatic N) is 3. The Morgan fingerprint density at radius 1 is 1.32 bits per heavy atom. The van der Waals surface area contributed by atoms with Gasteiger partial charge in [-0.2, -0.15) is 0 Å². The Bertz CT molecular complexity index is 796. The van der Waals surface area contributed by atoms with Crippen molar-refractivity contribution in [3.63, 3.8) is 0 Å². The van der Waals surface area contributed by atoms with Crippen molar-refractivity contribution in [3.8, 4) is 0 Å². The number of carbonyl (C=O) groups is 1. The predicted octanol–water partition coefficient (Wildman–Crippen LogP) is 3.15. The van der Waals surface area contributed by atoms with Crippen LogP contribution in [0.3, 0.4) is 0 Å². The number of fused-ring (bicyclic) bond motifs is 1. The van der Waals surface area contributed by atoms with Gasteiger partial charge in [-0.05, 0) is 57.6 Å². The second-order valence-corrected chi connectivity index (χ2v) is 8.06. The first-order valence-corrected chi connectivity index (χ1v) is 8.86. The molecule has 1 saturated heterocycles. The summed E-state index contributed by atoms with van der Waals surface area (Å²) in [4.78, 5) is 22.1. The van der Waals surface area contributed by atoms with E-state index < -0.39 is 5.41 Å². The molecule has 2 aromatic heterocycles. The maximum atomic E-state index is 12.1. The first-order valence-electron chi connectivity index (χ1n) is 8.86. The average Bonchev–Trinajstić information content (AvgIpc) is 2.88. The van der Waals surface area contributed by atoms with E-state index in [2.05, 4.69) is 22.7 Å². The number of hydrogen-bond donors (Lipinski definition) is 1. The van der Waals surface area contributed by atoms with Crippen molar-refractivity contribution in [2.24, 2.45) is 12.5 Å². The van der Waals surface area contributed by atoms with Gasteiger partial charge in [0.05, 0.1) is 17.3 Å². The highest BCUT2D eigenvalue weighted by Gasteiger charge is 2.30. The number of anilines is 1. The van der Waals surface area contributed by atoms with Gasteiger partial charge in [0.15, 0.2) is 0 Å². The van der Waals surface area contributed by atoms with Crippen LogP contribution in [0, 0.1) is 12.3 Å². The molecular formula is C19H28N4O2. The van der Waals surface area contributed by atoms with Gasteiger partial charge in [-0.15, -0.1) is 5.06 Å². The molecule has 25 heavy (non-hydrogen) atoms. The van der Waals surface area contributed by atoms with Crippen molar-refractivity contribution >= 4 is 22.7 Å². The summed E-state index contributed by atoms with van der Waals surface area (Å²) in [6.45, 7) is 9.17. The van der Waals surface area contributed by atoms with E-state index >= 15 is 0 Å². The summed E-state index contributed by atoms with van der Waals surface area (Å²) in [5.74, 6) is 0.250. The largest absolute Gasteiger partial charge is 0.397 e. The zero-order valence-electron chi connectivity index (χ0n) is 15.8. The lowest BCUT2D eigenvalue weighted by atomic mass is 9.89. The van der Waals surface area contributed by atoms with Gasteiger partial charge < -0.3 is 15.1 Å². The molecule has 0 aliphatic carbocycles. The molecule has 0 aromatic carbocycles. The zero-order chi connectivity index (χ0) is 18.4. The number of aromatic nitrogens is 2. The summed E-state index contributed by atoms with van der Waals surface area (Å²) in [7, 11) is 2.02. The number of pyridine rings is 1. The molecule has 2 N–H and O–H groups in total. The van der Waals surface area contributed by atoms with Gasteiger partial charge in [0.1, 0.15) is 5.65 Å². The van der Waals surface area contributed by atoms with E-state index in [1.807, 2.05) is 27.8 Å². The molecule has 3 rings (SSSR count). The van der Waals surface area contributed by atoms with Gasteiger partial charge in [0.25, 0.3) is 0 Å². The standard InChI is InChI=1S/C19H28N4O2/c1-12-15(20)10-21-17-16(12)14(11-22(17)5)13-6-8-23(9-7-13)25-18(24)19(2,3)4/h10-11,13H,6-9,20H2,1-5H3. The Morgan fingerprint density at radius 3 is 2.56 bits per heavy atom. The highest BCUT2D eigenvalue weighted by molar-refractivity contribution is 5.88. The zero-order valence-corrected chi connectivity index (χ0v) is 15.8. The van der Waals surface area contributed by atoms with Crippen LogP contribution in [0.1, 0.15) is 50.7 Å². The number of aryl methyl sites for hydroxylation is 2. The normalized spacial score (nSPS) is 17.2. The summed E-state index contributed by atoms with van der Waals surface area (Å²) in [6, 6.07) is 0. The summed E-state index contributed by atoms with van der Waals surface area (Å²) in [5.41, 5.74) is 9.70. The van der Waals surface area contributed by atoms with Gasteiger partial charge in [-0.3, -0.25) is 0 Å². The van der Waals surface area contributed by atoms with Gasteiger partial charge >= 0.3 is 5.97 Å². The maximum absolute atomic E-state index is 12.1. The lowest BCUT2D eigenvalue weighted by molar-refractivity contribution is -0.204. The van der Waals surface area contributed by atoms with E-state index in [9.17, 15) is 4.79 Å². The molecule has 6 nitrogen and oxygen atoms in total. The number of hydroxylamine groups is 2. The highest BCUT2D eigenvalue weighted by atomic mass is 16.7. The maximum Gasteiger partial charge on any atom is 0.330 e. The molecule has 1 aliphatic heterocycles. The van der Waals surface area contributed by atoms with Crippen molar-refractivity contribution < 1.29 is 9.63 Å². The SMILES string of the molecule is Cc1c(N)cnc2c1c(C1CCN(OC(=O)C(C)(C)C)CC1)cn2C. The summed E-state index contributed by atoms with van der Waals surface area (Å²) in [6.07, 6.45) is 5.80. The van der Waals surface area contributed by atoms with E-state index in [4.69, 9.17) is 10.6 Å². The van der Waals surface area contributed by atoms with E-state index in [-0.39, 0.29) is 5.97 Å². The average molecular weight is 344 g/mol. The molecule has 0 saturated carbocycles. The van der Waals surface area contributed by atoms with Crippen LogP contribution in [0.25, 0.3) is 11.0 Å². The topological polar surface area (TPSA) is 73.4 Å². The quantitative estimate of drug-likeness (QED) is 0.906. The molecular weight excluding hydrogens is 316 g/mol. The molecule has 1 aliphatic rings. The smallest absolute Gasteiger partial charge is 0.330 e. The lowest BCUT2D eigenvalue weighted by Crippen LogP contribution is -2.38. The Balaban J connectivity index is 1.77. The van der Waals surface area contributed by atoms with Crippen LogP contribution in [0.4, 0.5) is 5.69 Å². The van der Waals surface area contributed by atoms with Crippen LogP contribution in [-0.4, -0.2) is 33.7 Å². The fraction of sp³-hybridized carbons (Fsp3) is 0.579. The third-order valence-electron chi connectivity index (χ3n) is 5.03. The number of carbonyl (C=O) groups excluding carboxylic acids is 1. The Labute approximate surface area is 148 Å². The predicted molar refractivity (Wildman–Crippen MR) is 99.0 cm³/mol. The van der Waals surface area contributed by atoms with Crippen molar-refractivity contribution in [2.75, 3.05) is 18.8 Å². The Morgan fingerprint density at radius 2 is 1.96 bits per heavy atom. The minimum absolute atomic E-state index is 0.177. The van der Waals surface area contributed by atoms with Crippen molar-refractivity contribution in [3.05, 3.63) is 23.5 Å². The number of nitrogens with two attached hydrogens (primary N) is 1. The van der Waals surface area contributed by atoms with Crippen molar-refractivity contribution in [2.45, 2.75) is 46.5 Å². The third kappa shape index (κ3) is 3.35. The second-order valence-electron chi connectivity index (χ2n) is 8.06. The molecule has 1 fully saturated rings. The summed E-state index contributed by atoms with van der Waals surface area (Å²) >= 11 is 0. The molecule has 0 amide bonds. The monoisotopic (exact) mass is 344 g/mol. The van der Waals surface area contributed by atoms with Gasteiger partial charge in [0.2, 0.25) is 0 Å². The minimum Gasteiger partial charge on any atom is -0.397 e. The lowest BCUT2D eigenvalue weighted by Gasteiger charge is -2.32. The van der Waals surface area contributed by atoms with Crippen LogP contribution in [0.5, 0.6) is 0 Å². The number of hydrogen-bond acceptors (Lipinski definition) is 5. The molecule has 0 radical (unpaired) electrons. The highest BCUT2D eigenvalue weighted by Crippen LogP contribution is 2.36. The third-order valence-corrected chi connectivity index (χ3v) is 5.03. The second kappa shape index (κ2) is 6.33. The number of nitrogen functional groups attached to an aromatic ring is 1. The van der Waals surface area contributed by atoms with Crippen molar-refractivity contribution in [1.82, 2.24) is 14.6 Å². The molecule has 0 atom stereocenters. The fourth-order valence-electron chi connectivity index (χ4n) is 3.37. The van der Waals surface area contributed by atoms with Gasteiger partial charge in [-0.1, -0.05) is 0 Å². The van der Waals surface area contributed by atoms with E-state index in [1.165, 1.54) is 10.9 Å². The molecule has 3 heterocycles. The number of piperidine rings is 1. The van der Waals surface area contributed by atoms with Crippen LogP contribution >= 0.6 is 0 Å². The fourth-order valence-corrected chi connectivity index (χ4v) is 3.37. The van der Waals surface area contributed by atoms with Crippen LogP contribution in [0.2, 0.25) is 0 Å². The Kier molecular flexibility index (Phi) is 4.49. The molecule has 136 valence electrons. The van der Waals surface area contributed by atoms with Crippen molar-refractivity contribution in [1.29, 1.82) is 0 Å². The van der Waals surface area contributed by atoms with Crippen LogP contribution in [-0.2, 0) is 16.7 Å². The van der Waals surface area contributed by atoms with Crippen LogP contribution in [0.15, 0.2) is 12.4 Å². The summed E-state index contributed by atoms with van der Waals surface area (Å²) in [5, 5.41) is 2.97. The van der Waals surface area contributed by atoms with Gasteiger partial charge in [-0.25, -0.2) is 9.78 Å². The molecule has 0 bridgehead atoms. The first kappa shape index (κ1) is 17.7. The van der Waals surface area contributed by atoms with E-state index in [0.717, 1.165) is 42.8 Å². The summed E-state index contributed by atoms with van der Waals surface area (Å²) < 4.78 is 2.07. The molecule has 0 spiro atoms. The van der Waals surface area contributed by atoms with Gasteiger partial charge in [0, 0.05) is 31.7 Å². The first-order chi connectivity index (χ1) is 11.7. The molecule has 0 unspecified atom stereocenters. The molecule has 6 heteroatoms. The molecule has 2 aromatic rings. The van der Waals surface area contributed by atoms with Crippen LogP contribution < -0.4 is 5.73 Å².